The molecule has 3 N–H and O–H groups in total. The van der Waals surface area contributed by atoms with Crippen molar-refractivity contribution in [3.05, 3.63) is 23.3 Å². The molecule has 1 heterocycles. The van der Waals surface area contributed by atoms with Crippen LogP contribution >= 0.6 is 0 Å². The van der Waals surface area contributed by atoms with E-state index in [1.807, 2.05) is 46.4 Å². The standard InChI is InChI=1S/C33H52N4O5/c1-31(2,3)23-19-22(42-29(40)33(7,8)9)18-21(26(23)38)20-34-24-14-10-11-15-25(24)35-30(41)36-27(32(4,5)6)28(39)37-16-12-13-17-37/h18-20,24-25,27,38H,10-17H2,1-9H3,(H2,35,36,41). The van der Waals surface area contributed by atoms with Crippen LogP contribution in [0.3, 0.4) is 0 Å². The SMILES string of the molecule is CC(C)(C)C(=O)Oc1cc(C=NC2CCCCC2NC(=O)NC(C(=O)N2CCCC2)C(C)(C)C)c(O)c(C(C)(C)C)c1. The first-order valence-electron chi connectivity index (χ1n) is 15.4. The van der Waals surface area contributed by atoms with E-state index in [0.717, 1.165) is 51.6 Å². The summed E-state index contributed by atoms with van der Waals surface area (Å²) >= 11 is 0. The molecule has 9 nitrogen and oxygen atoms in total. The van der Waals surface area contributed by atoms with Crippen LogP contribution in [0.25, 0.3) is 0 Å². The number of carbonyl (C=O) groups is 3. The smallest absolute Gasteiger partial charge is 0.316 e. The zero-order valence-electron chi connectivity index (χ0n) is 27.1. The largest absolute Gasteiger partial charge is 0.507 e. The van der Waals surface area contributed by atoms with Gasteiger partial charge in [-0.1, -0.05) is 54.4 Å². The second-order valence-electron chi connectivity index (χ2n) is 15.0. The molecule has 0 aromatic heterocycles. The van der Waals surface area contributed by atoms with Crippen LogP contribution in [0.2, 0.25) is 0 Å². The first-order valence-corrected chi connectivity index (χ1v) is 15.4. The summed E-state index contributed by atoms with van der Waals surface area (Å²) in [6.07, 6.45) is 7.08. The Kier molecular flexibility index (Phi) is 10.4. The van der Waals surface area contributed by atoms with Crippen molar-refractivity contribution in [2.24, 2.45) is 15.8 Å². The first-order chi connectivity index (χ1) is 19.4. The molecule has 3 atom stereocenters. The monoisotopic (exact) mass is 584 g/mol. The molecule has 42 heavy (non-hydrogen) atoms. The van der Waals surface area contributed by atoms with Crippen molar-refractivity contribution in [3.8, 4) is 11.5 Å². The van der Waals surface area contributed by atoms with E-state index in [4.69, 9.17) is 9.73 Å². The lowest BCUT2D eigenvalue weighted by Crippen LogP contribution is -2.58. The Morgan fingerprint density at radius 3 is 2.17 bits per heavy atom. The lowest BCUT2D eigenvalue weighted by molar-refractivity contribution is -0.143. The van der Waals surface area contributed by atoms with Gasteiger partial charge in [0.15, 0.2) is 0 Å². The van der Waals surface area contributed by atoms with E-state index < -0.39 is 22.3 Å². The summed E-state index contributed by atoms with van der Waals surface area (Å²) in [5, 5.41) is 17.2. The lowest BCUT2D eigenvalue weighted by atomic mass is 9.85. The fourth-order valence-electron chi connectivity index (χ4n) is 5.36. The summed E-state index contributed by atoms with van der Waals surface area (Å²) in [7, 11) is 0. The lowest BCUT2D eigenvalue weighted by Gasteiger charge is -2.35. The maximum Gasteiger partial charge on any atom is 0.316 e. The zero-order chi connectivity index (χ0) is 31.5. The first kappa shape index (κ1) is 33.4. The highest BCUT2D eigenvalue weighted by Crippen LogP contribution is 2.37. The van der Waals surface area contributed by atoms with Gasteiger partial charge >= 0.3 is 12.0 Å². The number of aliphatic imine (C=N–C) groups is 1. The number of amides is 3. The highest BCUT2D eigenvalue weighted by Gasteiger charge is 2.37. The average molecular weight is 585 g/mol. The number of nitrogens with one attached hydrogen (secondary N) is 2. The number of benzene rings is 1. The number of rotatable bonds is 6. The Balaban J connectivity index is 1.80. The van der Waals surface area contributed by atoms with Crippen molar-refractivity contribution in [1.29, 1.82) is 0 Å². The number of phenolic OH excluding ortho intramolecular Hbond substituents is 1. The molecule has 2 aliphatic rings. The minimum absolute atomic E-state index is 0.0365. The summed E-state index contributed by atoms with van der Waals surface area (Å²) in [5.74, 6) is 0.0433. The molecule has 0 bridgehead atoms. The molecule has 3 rings (SSSR count). The van der Waals surface area contributed by atoms with Gasteiger partial charge in [0.1, 0.15) is 17.5 Å². The van der Waals surface area contributed by atoms with Crippen LogP contribution < -0.4 is 15.4 Å². The zero-order valence-corrected chi connectivity index (χ0v) is 27.1. The van der Waals surface area contributed by atoms with Gasteiger partial charge in [0.05, 0.1) is 17.5 Å². The molecule has 1 saturated heterocycles. The van der Waals surface area contributed by atoms with Gasteiger partial charge in [-0.25, -0.2) is 4.79 Å². The maximum absolute atomic E-state index is 13.2. The summed E-state index contributed by atoms with van der Waals surface area (Å²) in [6.45, 7) is 18.7. The van der Waals surface area contributed by atoms with Gasteiger partial charge in [0.25, 0.3) is 0 Å². The number of urea groups is 1. The third-order valence-electron chi connectivity index (χ3n) is 8.00. The molecular weight excluding hydrogens is 532 g/mol. The van der Waals surface area contributed by atoms with Crippen LogP contribution in [0.4, 0.5) is 4.79 Å². The molecule has 9 heteroatoms. The number of hydrogen-bond donors (Lipinski definition) is 3. The molecule has 1 aromatic carbocycles. The number of nitrogens with zero attached hydrogens (tertiary/aromatic N) is 2. The van der Waals surface area contributed by atoms with E-state index in [1.54, 1.807) is 39.1 Å². The second kappa shape index (κ2) is 13.0. The summed E-state index contributed by atoms with van der Waals surface area (Å²) in [4.78, 5) is 45.7. The summed E-state index contributed by atoms with van der Waals surface area (Å²) in [6, 6.07) is 1.92. The van der Waals surface area contributed by atoms with Crippen molar-refractivity contribution < 1.29 is 24.2 Å². The number of phenols is 1. The van der Waals surface area contributed by atoms with Crippen molar-refractivity contribution in [2.75, 3.05) is 13.1 Å². The van der Waals surface area contributed by atoms with E-state index in [-0.39, 0.29) is 35.7 Å². The van der Waals surface area contributed by atoms with Gasteiger partial charge in [0.2, 0.25) is 5.91 Å². The molecule has 1 saturated carbocycles. The highest BCUT2D eigenvalue weighted by molar-refractivity contribution is 5.88. The molecule has 3 unspecified atom stereocenters. The van der Waals surface area contributed by atoms with E-state index >= 15 is 0 Å². The topological polar surface area (TPSA) is 120 Å². The van der Waals surface area contributed by atoms with E-state index in [9.17, 15) is 19.5 Å². The van der Waals surface area contributed by atoms with Crippen LogP contribution in [-0.4, -0.2) is 65.3 Å². The predicted molar refractivity (Wildman–Crippen MR) is 166 cm³/mol. The van der Waals surface area contributed by atoms with E-state index in [2.05, 4.69) is 10.6 Å². The van der Waals surface area contributed by atoms with E-state index in [1.165, 1.54) is 0 Å². The molecule has 3 amide bonds. The molecule has 1 aliphatic carbocycles. The average Bonchev–Trinajstić information content (AvgIpc) is 3.41. The third-order valence-corrected chi connectivity index (χ3v) is 8.00. The van der Waals surface area contributed by atoms with Crippen LogP contribution in [0.15, 0.2) is 17.1 Å². The number of likely N-dealkylation sites (tertiary alicyclic amines) is 1. The Hall–Kier alpha value is -3.10. The van der Waals surface area contributed by atoms with Crippen molar-refractivity contribution in [1.82, 2.24) is 15.5 Å². The molecular formula is C33H52N4O5. The van der Waals surface area contributed by atoms with Gasteiger partial charge in [0, 0.05) is 30.4 Å². The predicted octanol–water partition coefficient (Wildman–Crippen LogP) is 5.71. The molecule has 0 radical (unpaired) electrons. The fourth-order valence-corrected chi connectivity index (χ4v) is 5.36. The Bertz CT molecular complexity index is 1170. The summed E-state index contributed by atoms with van der Waals surface area (Å²) < 4.78 is 5.69. The second-order valence-corrected chi connectivity index (χ2v) is 15.0. The van der Waals surface area contributed by atoms with Gasteiger partial charge < -0.3 is 25.4 Å². The molecule has 1 aromatic rings. The van der Waals surface area contributed by atoms with Gasteiger partial charge in [-0.3, -0.25) is 14.6 Å². The third kappa shape index (κ3) is 8.71. The minimum atomic E-state index is -0.680. The Labute approximate surface area is 251 Å². The minimum Gasteiger partial charge on any atom is -0.507 e. The Morgan fingerprint density at radius 1 is 0.976 bits per heavy atom. The Morgan fingerprint density at radius 2 is 1.60 bits per heavy atom. The van der Waals surface area contributed by atoms with Crippen LogP contribution in [0, 0.1) is 10.8 Å². The number of ether oxygens (including phenoxy) is 1. The van der Waals surface area contributed by atoms with E-state index in [0.29, 0.717) is 16.9 Å². The normalized spacial score (nSPS) is 20.8. The number of hydrogen-bond acceptors (Lipinski definition) is 6. The number of esters is 1. The van der Waals surface area contributed by atoms with Crippen molar-refractivity contribution >= 4 is 24.1 Å². The van der Waals surface area contributed by atoms with Gasteiger partial charge in [-0.05, 0) is 69.4 Å². The summed E-state index contributed by atoms with van der Waals surface area (Å²) in [5.41, 5.74) is -0.417. The number of aromatic hydroxyl groups is 1. The van der Waals surface area contributed by atoms with Gasteiger partial charge in [-0.2, -0.15) is 0 Å². The van der Waals surface area contributed by atoms with Crippen LogP contribution in [0.5, 0.6) is 11.5 Å². The molecule has 234 valence electrons. The van der Waals surface area contributed by atoms with Crippen LogP contribution in [0.1, 0.15) is 112 Å². The maximum atomic E-state index is 13.2. The number of carbonyl (C=O) groups excluding carboxylic acids is 3. The van der Waals surface area contributed by atoms with Crippen molar-refractivity contribution in [2.45, 2.75) is 124 Å². The molecule has 2 fully saturated rings. The molecule has 1 aliphatic heterocycles. The van der Waals surface area contributed by atoms with Gasteiger partial charge in [-0.15, -0.1) is 0 Å². The molecule has 0 spiro atoms. The van der Waals surface area contributed by atoms with Crippen LogP contribution in [-0.2, 0) is 15.0 Å². The van der Waals surface area contributed by atoms with Crippen molar-refractivity contribution in [3.63, 3.8) is 0 Å². The quantitative estimate of drug-likeness (QED) is 0.225. The fraction of sp³-hybridized carbons (Fsp3) is 0.697. The highest BCUT2D eigenvalue weighted by atomic mass is 16.5.